The predicted molar refractivity (Wildman–Crippen MR) is 69.3 cm³/mol. The lowest BCUT2D eigenvalue weighted by atomic mass is 10.1. The average molecular weight is 258 g/mol. The normalized spacial score (nSPS) is 9.95. The summed E-state index contributed by atoms with van der Waals surface area (Å²) in [5.74, 6) is -1.37. The van der Waals surface area contributed by atoms with Crippen LogP contribution in [0.2, 0.25) is 0 Å². The van der Waals surface area contributed by atoms with E-state index in [2.05, 4.69) is 5.32 Å². The Morgan fingerprint density at radius 3 is 2.21 bits per heavy atom. The van der Waals surface area contributed by atoms with E-state index in [-0.39, 0.29) is 5.91 Å². The van der Waals surface area contributed by atoms with E-state index in [4.69, 9.17) is 5.73 Å². The molecule has 2 aromatic carbocycles. The van der Waals surface area contributed by atoms with Gasteiger partial charge in [0, 0.05) is 16.8 Å². The van der Waals surface area contributed by atoms with Gasteiger partial charge < -0.3 is 11.1 Å². The molecule has 0 atom stereocenters. The molecule has 2 rings (SSSR count). The van der Waals surface area contributed by atoms with Crippen molar-refractivity contribution >= 4 is 17.5 Å². The van der Waals surface area contributed by atoms with Crippen LogP contribution in [0, 0.1) is 5.82 Å². The van der Waals surface area contributed by atoms with Crippen molar-refractivity contribution in [1.82, 2.24) is 0 Å². The van der Waals surface area contributed by atoms with E-state index in [0.29, 0.717) is 16.8 Å². The first-order valence-electron chi connectivity index (χ1n) is 5.53. The maximum atomic E-state index is 13.0. The minimum atomic E-state index is -0.558. The molecule has 0 heterocycles. The summed E-state index contributed by atoms with van der Waals surface area (Å²) < 4.78 is 13.0. The number of carbonyl (C=O) groups excluding carboxylic acids is 2. The molecule has 0 aliphatic heterocycles. The molecule has 0 saturated heterocycles. The fraction of sp³-hybridized carbons (Fsp3) is 0. The summed E-state index contributed by atoms with van der Waals surface area (Å²) in [5.41, 5.74) is 6.14. The Bertz CT molecular complexity index is 624. The Balaban J connectivity index is 2.14. The molecule has 0 fully saturated rings. The zero-order valence-corrected chi connectivity index (χ0v) is 9.89. The highest BCUT2D eigenvalue weighted by Gasteiger charge is 2.07. The van der Waals surface area contributed by atoms with Crippen LogP contribution in [0.25, 0.3) is 0 Å². The van der Waals surface area contributed by atoms with Crippen molar-refractivity contribution in [3.63, 3.8) is 0 Å². The van der Waals surface area contributed by atoms with E-state index in [1.54, 1.807) is 6.07 Å². The lowest BCUT2D eigenvalue weighted by Gasteiger charge is -2.05. The van der Waals surface area contributed by atoms with Crippen LogP contribution < -0.4 is 11.1 Å². The fourth-order valence-corrected chi connectivity index (χ4v) is 1.56. The number of primary amides is 1. The van der Waals surface area contributed by atoms with Gasteiger partial charge >= 0.3 is 0 Å². The van der Waals surface area contributed by atoms with Crippen LogP contribution in [0.3, 0.4) is 0 Å². The number of halogens is 1. The number of nitrogens with two attached hydrogens (primary N) is 1. The molecule has 0 unspecified atom stereocenters. The Labute approximate surface area is 109 Å². The fourth-order valence-electron chi connectivity index (χ4n) is 1.56. The van der Waals surface area contributed by atoms with E-state index >= 15 is 0 Å². The number of carbonyl (C=O) groups is 2. The van der Waals surface area contributed by atoms with Crippen molar-refractivity contribution in [2.24, 2.45) is 5.73 Å². The number of amides is 2. The molecule has 0 bridgehead atoms. The van der Waals surface area contributed by atoms with Crippen LogP contribution in [0.1, 0.15) is 20.7 Å². The van der Waals surface area contributed by atoms with Gasteiger partial charge in [-0.3, -0.25) is 9.59 Å². The molecule has 0 spiro atoms. The SMILES string of the molecule is NC(=O)c1ccc(C(=O)Nc2cccc(F)c2)cc1. The third kappa shape index (κ3) is 3.16. The van der Waals surface area contributed by atoms with Gasteiger partial charge in [-0.2, -0.15) is 0 Å². The van der Waals surface area contributed by atoms with E-state index in [0.717, 1.165) is 0 Å². The number of benzene rings is 2. The lowest BCUT2D eigenvalue weighted by Crippen LogP contribution is -2.14. The van der Waals surface area contributed by atoms with Gasteiger partial charge in [-0.1, -0.05) is 6.07 Å². The van der Waals surface area contributed by atoms with E-state index in [1.807, 2.05) is 0 Å². The topological polar surface area (TPSA) is 72.2 Å². The largest absolute Gasteiger partial charge is 0.366 e. The minimum absolute atomic E-state index is 0.322. The lowest BCUT2D eigenvalue weighted by molar-refractivity contribution is 0.0995. The summed E-state index contributed by atoms with van der Waals surface area (Å²) in [6.45, 7) is 0. The molecule has 0 aliphatic rings. The second kappa shape index (κ2) is 5.30. The highest BCUT2D eigenvalue weighted by Crippen LogP contribution is 2.11. The van der Waals surface area contributed by atoms with E-state index < -0.39 is 11.7 Å². The Hall–Kier alpha value is -2.69. The minimum Gasteiger partial charge on any atom is -0.366 e. The number of hydrogen-bond acceptors (Lipinski definition) is 2. The molecule has 4 nitrogen and oxygen atoms in total. The standard InChI is InChI=1S/C14H11FN2O2/c15-11-2-1-3-12(8-11)17-14(19)10-6-4-9(5-7-10)13(16)18/h1-8H,(H2,16,18)(H,17,19). The number of hydrogen-bond donors (Lipinski definition) is 2. The Morgan fingerprint density at radius 1 is 1.00 bits per heavy atom. The van der Waals surface area contributed by atoms with E-state index in [1.165, 1.54) is 42.5 Å². The Morgan fingerprint density at radius 2 is 1.63 bits per heavy atom. The van der Waals surface area contributed by atoms with Crippen LogP contribution in [-0.4, -0.2) is 11.8 Å². The van der Waals surface area contributed by atoms with Gasteiger partial charge in [-0.15, -0.1) is 0 Å². The first-order chi connectivity index (χ1) is 9.06. The highest BCUT2D eigenvalue weighted by molar-refractivity contribution is 6.05. The molecule has 2 amide bonds. The number of nitrogens with one attached hydrogen (secondary N) is 1. The van der Waals surface area contributed by atoms with E-state index in [9.17, 15) is 14.0 Å². The van der Waals surface area contributed by atoms with Crippen molar-refractivity contribution in [2.75, 3.05) is 5.32 Å². The van der Waals surface area contributed by atoms with Crippen molar-refractivity contribution in [1.29, 1.82) is 0 Å². The van der Waals surface area contributed by atoms with Gasteiger partial charge in [0.15, 0.2) is 0 Å². The first-order valence-corrected chi connectivity index (χ1v) is 5.53. The average Bonchev–Trinajstić information content (AvgIpc) is 2.39. The van der Waals surface area contributed by atoms with Crippen LogP contribution in [0.15, 0.2) is 48.5 Å². The second-order valence-electron chi connectivity index (χ2n) is 3.91. The highest BCUT2D eigenvalue weighted by atomic mass is 19.1. The first kappa shape index (κ1) is 12.8. The quantitative estimate of drug-likeness (QED) is 0.885. The molecule has 96 valence electrons. The van der Waals surface area contributed by atoms with Crippen molar-refractivity contribution in [2.45, 2.75) is 0 Å². The summed E-state index contributed by atoms with van der Waals surface area (Å²) in [4.78, 5) is 22.7. The molecule has 3 N–H and O–H groups in total. The van der Waals surface area contributed by atoms with Gasteiger partial charge in [0.05, 0.1) is 0 Å². The van der Waals surface area contributed by atoms with Gasteiger partial charge in [-0.05, 0) is 42.5 Å². The van der Waals surface area contributed by atoms with Crippen molar-refractivity contribution in [3.8, 4) is 0 Å². The second-order valence-corrected chi connectivity index (χ2v) is 3.91. The summed E-state index contributed by atoms with van der Waals surface area (Å²) in [6, 6.07) is 11.5. The zero-order valence-electron chi connectivity index (χ0n) is 9.89. The summed E-state index contributed by atoms with van der Waals surface area (Å²) in [6.07, 6.45) is 0. The van der Waals surface area contributed by atoms with Gasteiger partial charge in [0.1, 0.15) is 5.82 Å². The molecule has 0 aliphatic carbocycles. The third-order valence-corrected chi connectivity index (χ3v) is 2.51. The number of rotatable bonds is 3. The zero-order chi connectivity index (χ0) is 13.8. The van der Waals surface area contributed by atoms with Gasteiger partial charge in [0.2, 0.25) is 5.91 Å². The Kier molecular flexibility index (Phi) is 3.56. The van der Waals surface area contributed by atoms with Crippen LogP contribution in [0.5, 0.6) is 0 Å². The third-order valence-electron chi connectivity index (χ3n) is 2.51. The maximum Gasteiger partial charge on any atom is 0.255 e. The van der Waals surface area contributed by atoms with Crippen molar-refractivity contribution in [3.05, 3.63) is 65.5 Å². The predicted octanol–water partition coefficient (Wildman–Crippen LogP) is 2.18. The molecular weight excluding hydrogens is 247 g/mol. The smallest absolute Gasteiger partial charge is 0.255 e. The van der Waals surface area contributed by atoms with Crippen molar-refractivity contribution < 1.29 is 14.0 Å². The van der Waals surface area contributed by atoms with Crippen LogP contribution in [-0.2, 0) is 0 Å². The summed E-state index contributed by atoms with van der Waals surface area (Å²) >= 11 is 0. The molecule has 0 radical (unpaired) electrons. The molecule has 0 saturated carbocycles. The summed E-state index contributed by atoms with van der Waals surface area (Å²) in [5, 5.41) is 2.55. The molecule has 5 heteroatoms. The molecule has 0 aromatic heterocycles. The summed E-state index contributed by atoms with van der Waals surface area (Å²) in [7, 11) is 0. The molecule has 19 heavy (non-hydrogen) atoms. The van der Waals surface area contributed by atoms with Gasteiger partial charge in [-0.25, -0.2) is 4.39 Å². The maximum absolute atomic E-state index is 13.0. The number of anilines is 1. The monoisotopic (exact) mass is 258 g/mol. The van der Waals surface area contributed by atoms with Crippen LogP contribution >= 0.6 is 0 Å². The van der Waals surface area contributed by atoms with Crippen LogP contribution in [0.4, 0.5) is 10.1 Å². The molecule has 2 aromatic rings. The molecular formula is C14H11FN2O2. The van der Waals surface area contributed by atoms with Gasteiger partial charge in [0.25, 0.3) is 5.91 Å².